The van der Waals surface area contributed by atoms with Gasteiger partial charge in [-0.1, -0.05) is 32.9 Å². The number of hydrogen-bond acceptors (Lipinski definition) is 5. The van der Waals surface area contributed by atoms with Crippen LogP contribution in [0.15, 0.2) is 40.3 Å². The lowest BCUT2D eigenvalue weighted by Crippen LogP contribution is -2.41. The van der Waals surface area contributed by atoms with Crippen molar-refractivity contribution in [1.29, 1.82) is 0 Å². The van der Waals surface area contributed by atoms with Crippen molar-refractivity contribution in [3.8, 4) is 0 Å². The Kier molecular flexibility index (Phi) is 6.24. The van der Waals surface area contributed by atoms with E-state index in [9.17, 15) is 5.11 Å². The molecule has 0 bridgehead atoms. The van der Waals surface area contributed by atoms with Gasteiger partial charge in [-0.25, -0.2) is 4.99 Å². The second-order valence-electron chi connectivity index (χ2n) is 8.25. The van der Waals surface area contributed by atoms with Crippen molar-refractivity contribution in [2.45, 2.75) is 45.5 Å². The molecule has 2 aromatic rings. The average Bonchev–Trinajstić information content (AvgIpc) is 3.07. The van der Waals surface area contributed by atoms with E-state index >= 15 is 0 Å². The van der Waals surface area contributed by atoms with Crippen LogP contribution in [0, 0.1) is 0 Å². The number of aliphatic hydroxyl groups excluding tert-OH is 1. The maximum atomic E-state index is 10.5. The molecule has 0 saturated heterocycles. The van der Waals surface area contributed by atoms with Gasteiger partial charge in [-0.3, -0.25) is 4.99 Å². The van der Waals surface area contributed by atoms with Crippen LogP contribution in [0.25, 0.3) is 6.20 Å². The topological polar surface area (TPSA) is 128 Å². The molecule has 0 fully saturated rings. The van der Waals surface area contributed by atoms with Crippen LogP contribution < -0.4 is 32.4 Å². The van der Waals surface area contributed by atoms with Gasteiger partial charge in [0.25, 0.3) is 0 Å². The number of aliphatic imine (C=N–C) groups is 1. The summed E-state index contributed by atoms with van der Waals surface area (Å²) in [6, 6.07) is 10.2. The maximum Gasteiger partial charge on any atom is 0.231 e. The SMILES string of the molecule is CC(C)(C)c1cc2c([nH]1)=NC(O)N(c1ccc(CNCCCN=C(N)N)cc1)C=2. The van der Waals surface area contributed by atoms with Crippen LogP contribution in [0.5, 0.6) is 0 Å². The summed E-state index contributed by atoms with van der Waals surface area (Å²) in [7, 11) is 0. The van der Waals surface area contributed by atoms with Crippen molar-refractivity contribution in [3.63, 3.8) is 0 Å². The van der Waals surface area contributed by atoms with Crippen LogP contribution in [-0.2, 0) is 12.0 Å². The molecule has 8 nitrogen and oxygen atoms in total. The molecule has 7 N–H and O–H groups in total. The lowest BCUT2D eigenvalue weighted by atomic mass is 9.92. The van der Waals surface area contributed by atoms with Gasteiger partial charge in [-0.2, -0.15) is 0 Å². The largest absolute Gasteiger partial charge is 0.370 e. The third-order valence-electron chi connectivity index (χ3n) is 4.78. The zero-order valence-electron chi connectivity index (χ0n) is 17.3. The summed E-state index contributed by atoms with van der Waals surface area (Å²) in [4.78, 5) is 13.5. The molecule has 1 atom stereocenters. The number of aromatic amines is 1. The van der Waals surface area contributed by atoms with Gasteiger partial charge in [0.05, 0.1) is 0 Å². The molecule has 1 unspecified atom stereocenters. The highest BCUT2D eigenvalue weighted by atomic mass is 16.3. The number of fused-ring (bicyclic) bond motifs is 1. The summed E-state index contributed by atoms with van der Waals surface area (Å²) in [6.07, 6.45) is 1.87. The van der Waals surface area contributed by atoms with Gasteiger partial charge >= 0.3 is 0 Å². The fourth-order valence-corrected chi connectivity index (χ4v) is 3.10. The number of H-pyrrole nitrogens is 1. The quantitative estimate of drug-likeness (QED) is 0.259. The molecule has 0 radical (unpaired) electrons. The highest BCUT2D eigenvalue weighted by molar-refractivity contribution is 5.75. The molecule has 1 aliphatic rings. The first-order valence-electron chi connectivity index (χ1n) is 9.85. The monoisotopic (exact) mass is 397 g/mol. The van der Waals surface area contributed by atoms with E-state index in [1.54, 1.807) is 4.90 Å². The summed E-state index contributed by atoms with van der Waals surface area (Å²) in [5.74, 6) is 0.130. The van der Waals surface area contributed by atoms with Crippen molar-refractivity contribution in [2.24, 2.45) is 21.5 Å². The molecule has 1 aromatic carbocycles. The average molecular weight is 398 g/mol. The van der Waals surface area contributed by atoms with Crippen LogP contribution in [0.2, 0.25) is 0 Å². The minimum atomic E-state index is -0.950. The van der Waals surface area contributed by atoms with E-state index < -0.39 is 6.35 Å². The predicted molar refractivity (Wildman–Crippen MR) is 117 cm³/mol. The first kappa shape index (κ1) is 20.9. The van der Waals surface area contributed by atoms with E-state index in [0.29, 0.717) is 6.54 Å². The Balaban J connectivity index is 1.64. The number of hydrogen-bond donors (Lipinski definition) is 5. The number of anilines is 1. The van der Waals surface area contributed by atoms with E-state index in [4.69, 9.17) is 11.5 Å². The summed E-state index contributed by atoms with van der Waals surface area (Å²) in [6.45, 7) is 8.65. The lowest BCUT2D eigenvalue weighted by Gasteiger charge is -2.25. The molecule has 156 valence electrons. The minimum absolute atomic E-state index is 0.00555. The van der Waals surface area contributed by atoms with Gasteiger partial charge < -0.3 is 31.8 Å². The highest BCUT2D eigenvalue weighted by Gasteiger charge is 2.20. The number of rotatable bonds is 7. The molecule has 2 heterocycles. The van der Waals surface area contributed by atoms with E-state index in [2.05, 4.69) is 47.1 Å². The summed E-state index contributed by atoms with van der Waals surface area (Å²) in [5, 5.41) is 14.8. The standard InChI is InChI=1S/C21H31N7O/c1-21(2,3)17-11-15-13-28(20(29)27-18(15)26-17)16-7-5-14(6-8-16)12-24-9-4-10-25-19(22)23/h5-8,11,13,20,24,29H,4,9-10,12H2,1-3H3,(H,26,27)(H4,22,23,25). The number of benzene rings is 1. The fraction of sp³-hybridized carbons (Fsp3) is 0.429. The Hall–Kier alpha value is -2.84. The highest BCUT2D eigenvalue weighted by Crippen LogP contribution is 2.21. The third-order valence-corrected chi connectivity index (χ3v) is 4.78. The van der Waals surface area contributed by atoms with E-state index in [0.717, 1.165) is 47.2 Å². The maximum absolute atomic E-state index is 10.5. The first-order valence-corrected chi connectivity index (χ1v) is 9.85. The number of nitrogens with one attached hydrogen (secondary N) is 2. The van der Waals surface area contributed by atoms with Crippen molar-refractivity contribution in [1.82, 2.24) is 10.3 Å². The van der Waals surface area contributed by atoms with Crippen LogP contribution in [-0.4, -0.2) is 35.5 Å². The second-order valence-corrected chi connectivity index (χ2v) is 8.25. The fourth-order valence-electron chi connectivity index (χ4n) is 3.10. The summed E-state index contributed by atoms with van der Waals surface area (Å²) in [5.41, 5.74) is 14.5. The van der Waals surface area contributed by atoms with Crippen LogP contribution >= 0.6 is 0 Å². The molecule has 0 amide bonds. The Morgan fingerprint density at radius 1 is 1.28 bits per heavy atom. The smallest absolute Gasteiger partial charge is 0.231 e. The van der Waals surface area contributed by atoms with Gasteiger partial charge in [0.15, 0.2) is 5.96 Å². The Morgan fingerprint density at radius 3 is 2.66 bits per heavy atom. The Bertz CT molecular complexity index is 966. The number of aliphatic hydroxyl groups is 1. The Labute approximate surface area is 171 Å². The molecule has 3 rings (SSSR count). The van der Waals surface area contributed by atoms with Crippen LogP contribution in [0.3, 0.4) is 0 Å². The molecule has 8 heteroatoms. The number of aromatic nitrogens is 1. The van der Waals surface area contributed by atoms with E-state index in [1.807, 2.05) is 30.5 Å². The van der Waals surface area contributed by atoms with Crippen LogP contribution in [0.4, 0.5) is 5.69 Å². The second kappa shape index (κ2) is 8.67. The molecule has 0 saturated carbocycles. The number of guanidine groups is 1. The van der Waals surface area contributed by atoms with Gasteiger partial charge in [-0.05, 0) is 36.7 Å². The zero-order chi connectivity index (χ0) is 21.0. The van der Waals surface area contributed by atoms with Crippen LogP contribution in [0.1, 0.15) is 38.4 Å². The summed E-state index contributed by atoms with van der Waals surface area (Å²) < 4.78 is 0. The molecule has 1 aromatic heterocycles. The first-order chi connectivity index (χ1) is 13.7. The number of nitrogens with two attached hydrogens (primary N) is 2. The van der Waals surface area contributed by atoms with E-state index in [1.165, 1.54) is 0 Å². The van der Waals surface area contributed by atoms with Crippen molar-refractivity contribution in [2.75, 3.05) is 18.0 Å². The molecule has 29 heavy (non-hydrogen) atoms. The Morgan fingerprint density at radius 2 is 2.00 bits per heavy atom. The van der Waals surface area contributed by atoms with Gasteiger partial charge in [-0.15, -0.1) is 0 Å². The molecule has 1 aliphatic heterocycles. The minimum Gasteiger partial charge on any atom is -0.370 e. The predicted octanol–water partition coefficient (Wildman–Crippen LogP) is 0.219. The molecular formula is C21H31N7O. The zero-order valence-corrected chi connectivity index (χ0v) is 17.3. The summed E-state index contributed by atoms with van der Waals surface area (Å²) >= 11 is 0. The van der Waals surface area contributed by atoms with Gasteiger partial charge in [0.1, 0.15) is 5.49 Å². The molecule has 0 spiro atoms. The van der Waals surface area contributed by atoms with Crippen molar-refractivity contribution < 1.29 is 5.11 Å². The van der Waals surface area contributed by atoms with E-state index in [-0.39, 0.29) is 11.4 Å². The normalized spacial score (nSPS) is 16.0. The lowest BCUT2D eigenvalue weighted by molar-refractivity contribution is 0.186. The molecular weight excluding hydrogens is 366 g/mol. The van der Waals surface area contributed by atoms with Gasteiger partial charge in [0.2, 0.25) is 6.35 Å². The van der Waals surface area contributed by atoms with Crippen molar-refractivity contribution in [3.05, 3.63) is 52.3 Å². The van der Waals surface area contributed by atoms with Crippen molar-refractivity contribution >= 4 is 17.8 Å². The number of nitrogens with zero attached hydrogens (tertiary/aromatic N) is 3. The molecule has 0 aliphatic carbocycles. The third kappa shape index (κ3) is 5.36. The van der Waals surface area contributed by atoms with Gasteiger partial charge in [0, 0.05) is 41.3 Å².